The molecule has 0 radical (unpaired) electrons. The van der Waals surface area contributed by atoms with Crippen LogP contribution >= 0.6 is 0 Å². The Morgan fingerprint density at radius 3 is 3.07 bits per heavy atom. The van der Waals surface area contributed by atoms with Gasteiger partial charge in [0.1, 0.15) is 12.1 Å². The average Bonchev–Trinajstić information content (AvgIpc) is 2.66. The van der Waals surface area contributed by atoms with E-state index in [1.54, 1.807) is 10.6 Å². The Kier molecular flexibility index (Phi) is 2.37. The smallest absolute Gasteiger partial charge is 0.254 e. The molecule has 5 nitrogen and oxygen atoms in total. The van der Waals surface area contributed by atoms with Gasteiger partial charge in [-0.05, 0) is 13.8 Å². The summed E-state index contributed by atoms with van der Waals surface area (Å²) in [5, 5.41) is 7.35. The van der Waals surface area contributed by atoms with Gasteiger partial charge < -0.3 is 5.32 Å². The number of hydrogen-bond acceptors (Lipinski definition) is 4. The number of anilines is 1. The lowest BCUT2D eigenvalue weighted by Gasteiger charge is -2.10. The van der Waals surface area contributed by atoms with Crippen LogP contribution in [0.3, 0.4) is 0 Å². The van der Waals surface area contributed by atoms with Crippen LogP contribution in [0.5, 0.6) is 0 Å². The van der Waals surface area contributed by atoms with Crippen molar-refractivity contribution in [2.45, 2.75) is 13.8 Å². The van der Waals surface area contributed by atoms with Crippen LogP contribution in [0.1, 0.15) is 11.3 Å². The van der Waals surface area contributed by atoms with Crippen LogP contribution < -0.4 is 5.32 Å². The molecular formula is C10H13N5. The quantitative estimate of drug-likeness (QED) is 0.765. The molecule has 0 aliphatic heterocycles. The predicted octanol–water partition coefficient (Wildman–Crippen LogP) is 1.34. The first-order valence-corrected chi connectivity index (χ1v) is 4.75. The molecule has 0 bridgehead atoms. The van der Waals surface area contributed by atoms with Gasteiger partial charge in [-0.2, -0.15) is 14.6 Å². The van der Waals surface area contributed by atoms with E-state index in [9.17, 15) is 0 Å². The highest BCUT2D eigenvalue weighted by atomic mass is 15.4. The van der Waals surface area contributed by atoms with E-state index in [2.05, 4.69) is 27.0 Å². The second-order valence-corrected chi connectivity index (χ2v) is 3.31. The first kappa shape index (κ1) is 9.64. The van der Waals surface area contributed by atoms with Crippen LogP contribution in [0.25, 0.3) is 5.78 Å². The third-order valence-electron chi connectivity index (χ3n) is 2.32. The van der Waals surface area contributed by atoms with E-state index in [-0.39, 0.29) is 0 Å². The molecule has 0 unspecified atom stereocenters. The first-order valence-electron chi connectivity index (χ1n) is 4.75. The SMILES string of the molecule is C=CCNc1c(C)c(C)nc2ncnn12. The van der Waals surface area contributed by atoms with Crippen LogP contribution in [0.4, 0.5) is 5.82 Å². The fourth-order valence-electron chi connectivity index (χ4n) is 1.41. The Bertz CT molecular complexity index is 500. The summed E-state index contributed by atoms with van der Waals surface area (Å²) in [6, 6.07) is 0. The van der Waals surface area contributed by atoms with Gasteiger partial charge in [0, 0.05) is 17.8 Å². The third kappa shape index (κ3) is 1.56. The normalized spacial score (nSPS) is 10.5. The summed E-state index contributed by atoms with van der Waals surface area (Å²) in [5.41, 5.74) is 2.04. The molecule has 0 amide bonds. The molecule has 0 aromatic carbocycles. The molecular weight excluding hydrogens is 190 g/mol. The number of aromatic nitrogens is 4. The van der Waals surface area contributed by atoms with Gasteiger partial charge in [0.2, 0.25) is 0 Å². The molecule has 15 heavy (non-hydrogen) atoms. The van der Waals surface area contributed by atoms with Gasteiger partial charge >= 0.3 is 0 Å². The molecule has 0 saturated carbocycles. The molecule has 0 fully saturated rings. The Hall–Kier alpha value is -1.91. The van der Waals surface area contributed by atoms with Crippen molar-refractivity contribution in [2.75, 3.05) is 11.9 Å². The van der Waals surface area contributed by atoms with Crippen molar-refractivity contribution in [3.63, 3.8) is 0 Å². The Morgan fingerprint density at radius 2 is 2.33 bits per heavy atom. The summed E-state index contributed by atoms with van der Waals surface area (Å²) in [5.74, 6) is 1.54. The van der Waals surface area contributed by atoms with E-state index in [1.165, 1.54) is 6.33 Å². The minimum absolute atomic E-state index is 0.615. The van der Waals surface area contributed by atoms with E-state index in [4.69, 9.17) is 0 Å². The molecule has 0 atom stereocenters. The summed E-state index contributed by atoms with van der Waals surface area (Å²) >= 11 is 0. The minimum Gasteiger partial charge on any atom is -0.366 e. The van der Waals surface area contributed by atoms with Crippen molar-refractivity contribution in [2.24, 2.45) is 0 Å². The van der Waals surface area contributed by atoms with Gasteiger partial charge in [0.05, 0.1) is 0 Å². The van der Waals surface area contributed by atoms with E-state index < -0.39 is 0 Å². The van der Waals surface area contributed by atoms with Crippen LogP contribution in [0.2, 0.25) is 0 Å². The average molecular weight is 203 g/mol. The molecule has 5 heteroatoms. The summed E-state index contributed by atoms with van der Waals surface area (Å²) in [6.45, 7) is 8.34. The fourth-order valence-corrected chi connectivity index (χ4v) is 1.41. The number of nitrogens with zero attached hydrogens (tertiary/aromatic N) is 4. The first-order chi connectivity index (χ1) is 7.24. The summed E-state index contributed by atoms with van der Waals surface area (Å²) in [6.07, 6.45) is 3.30. The third-order valence-corrected chi connectivity index (χ3v) is 2.32. The number of fused-ring (bicyclic) bond motifs is 1. The summed E-state index contributed by atoms with van der Waals surface area (Å²) in [7, 11) is 0. The second-order valence-electron chi connectivity index (χ2n) is 3.31. The largest absolute Gasteiger partial charge is 0.366 e. The lowest BCUT2D eigenvalue weighted by molar-refractivity contribution is 0.914. The van der Waals surface area contributed by atoms with Crippen molar-refractivity contribution >= 4 is 11.6 Å². The molecule has 0 spiro atoms. The summed E-state index contributed by atoms with van der Waals surface area (Å²) in [4.78, 5) is 8.39. The van der Waals surface area contributed by atoms with Gasteiger partial charge in [-0.1, -0.05) is 6.08 Å². The highest BCUT2D eigenvalue weighted by molar-refractivity contribution is 5.51. The van der Waals surface area contributed by atoms with Crippen LogP contribution in [0, 0.1) is 13.8 Å². The topological polar surface area (TPSA) is 55.1 Å². The molecule has 2 rings (SSSR count). The zero-order chi connectivity index (χ0) is 10.8. The van der Waals surface area contributed by atoms with E-state index in [1.807, 2.05) is 13.8 Å². The zero-order valence-electron chi connectivity index (χ0n) is 8.86. The number of nitrogens with one attached hydrogen (secondary N) is 1. The van der Waals surface area contributed by atoms with Crippen LogP contribution in [-0.4, -0.2) is 26.1 Å². The number of hydrogen-bond donors (Lipinski definition) is 1. The van der Waals surface area contributed by atoms with Gasteiger partial charge in [0.15, 0.2) is 0 Å². The van der Waals surface area contributed by atoms with E-state index in [0.29, 0.717) is 12.3 Å². The maximum absolute atomic E-state index is 4.33. The molecule has 1 N–H and O–H groups in total. The molecule has 2 heterocycles. The fraction of sp³-hybridized carbons (Fsp3) is 0.300. The zero-order valence-corrected chi connectivity index (χ0v) is 8.86. The molecule has 2 aromatic heterocycles. The van der Waals surface area contributed by atoms with E-state index >= 15 is 0 Å². The van der Waals surface area contributed by atoms with Gasteiger partial charge in [-0.25, -0.2) is 4.98 Å². The lowest BCUT2D eigenvalue weighted by Crippen LogP contribution is -2.09. The maximum Gasteiger partial charge on any atom is 0.254 e. The van der Waals surface area contributed by atoms with Crippen LogP contribution in [0.15, 0.2) is 19.0 Å². The van der Waals surface area contributed by atoms with Crippen molar-refractivity contribution in [1.29, 1.82) is 0 Å². The van der Waals surface area contributed by atoms with Crippen molar-refractivity contribution in [3.05, 3.63) is 30.2 Å². The highest BCUT2D eigenvalue weighted by Gasteiger charge is 2.09. The minimum atomic E-state index is 0.615. The Balaban J connectivity index is 2.60. The van der Waals surface area contributed by atoms with Crippen molar-refractivity contribution in [1.82, 2.24) is 19.6 Å². The Morgan fingerprint density at radius 1 is 1.53 bits per heavy atom. The standard InChI is InChI=1S/C10H13N5/c1-4-5-11-9-7(2)8(3)14-10-12-6-13-15(9)10/h4,6,11H,1,5H2,2-3H3. The van der Waals surface area contributed by atoms with E-state index in [0.717, 1.165) is 17.1 Å². The monoisotopic (exact) mass is 203 g/mol. The van der Waals surface area contributed by atoms with Gasteiger partial charge in [0.25, 0.3) is 5.78 Å². The molecule has 0 aliphatic carbocycles. The maximum atomic E-state index is 4.33. The Labute approximate surface area is 87.9 Å². The molecule has 0 saturated heterocycles. The van der Waals surface area contributed by atoms with Crippen LogP contribution in [-0.2, 0) is 0 Å². The summed E-state index contributed by atoms with van der Waals surface area (Å²) < 4.78 is 1.70. The predicted molar refractivity (Wildman–Crippen MR) is 58.9 cm³/mol. The number of aryl methyl sites for hydroxylation is 1. The number of rotatable bonds is 3. The second kappa shape index (κ2) is 3.68. The lowest BCUT2D eigenvalue weighted by atomic mass is 10.2. The highest BCUT2D eigenvalue weighted by Crippen LogP contribution is 2.17. The van der Waals surface area contributed by atoms with Gasteiger partial charge in [-0.15, -0.1) is 6.58 Å². The molecule has 78 valence electrons. The van der Waals surface area contributed by atoms with Gasteiger partial charge in [-0.3, -0.25) is 0 Å². The van der Waals surface area contributed by atoms with Crippen molar-refractivity contribution < 1.29 is 0 Å². The molecule has 2 aromatic rings. The molecule has 0 aliphatic rings. The van der Waals surface area contributed by atoms with Crippen molar-refractivity contribution in [3.8, 4) is 0 Å².